The van der Waals surface area contributed by atoms with Crippen molar-refractivity contribution >= 4 is 46.0 Å². The third kappa shape index (κ3) is 8.35. The van der Waals surface area contributed by atoms with Gasteiger partial charge < -0.3 is 19.4 Å². The molecule has 1 saturated heterocycles. The topological polar surface area (TPSA) is 173 Å². The highest BCUT2D eigenvalue weighted by atomic mass is 35.5. The molecular formula is C47H50ClN11O3S. The first-order valence-corrected chi connectivity index (χ1v) is 23.4. The molecule has 7 heterocycles. The van der Waals surface area contributed by atoms with E-state index in [2.05, 4.69) is 72.0 Å². The van der Waals surface area contributed by atoms with Crippen molar-refractivity contribution in [1.29, 1.82) is 5.26 Å². The number of aromatic nitrogens is 7. The van der Waals surface area contributed by atoms with Crippen LogP contribution >= 0.6 is 23.4 Å². The van der Waals surface area contributed by atoms with Crippen LogP contribution in [0.25, 0.3) is 5.03 Å². The number of fused-ring (bicyclic) bond motifs is 2. The molecule has 1 aromatic carbocycles. The summed E-state index contributed by atoms with van der Waals surface area (Å²) in [6.07, 6.45) is 18.0. The Morgan fingerprint density at radius 2 is 1.81 bits per heavy atom. The maximum absolute atomic E-state index is 13.1. The number of oxazole rings is 1. The van der Waals surface area contributed by atoms with E-state index in [9.17, 15) is 4.79 Å². The average Bonchev–Trinajstić information content (AvgIpc) is 3.99. The summed E-state index contributed by atoms with van der Waals surface area (Å²) in [6.45, 7) is 8.39. The fourth-order valence-electron chi connectivity index (χ4n) is 10.2. The van der Waals surface area contributed by atoms with Gasteiger partial charge in [-0.05, 0) is 106 Å². The molecule has 14 nitrogen and oxygen atoms in total. The molecule has 324 valence electrons. The number of hydrogen-bond acceptors (Lipinski definition) is 13. The Labute approximate surface area is 376 Å². The summed E-state index contributed by atoms with van der Waals surface area (Å²) >= 11 is 8.04. The largest absolute Gasteiger partial charge is 0.490 e. The second kappa shape index (κ2) is 17.2. The molecule has 16 heteroatoms. The fraction of sp³-hybridized carbons (Fsp3) is 0.468. The zero-order valence-electron chi connectivity index (χ0n) is 35.7. The molecule has 63 heavy (non-hydrogen) atoms. The SMILES string of the molecule is Cc1nnc2n1C1=C(C(c3ccc(CC4CC5(CCN(c6ncc(C(=O)N[C@H]7CC[C@H](Oc8ccc(C#N)c(Cl)c8)CC7)cn6)CC5)C4)nc3)=N[C@H]2Cc2ncco2)C(C)C(C)S1. The second-order valence-electron chi connectivity index (χ2n) is 18.0. The molecule has 3 aliphatic heterocycles. The number of amides is 1. The van der Waals surface area contributed by atoms with Crippen molar-refractivity contribution in [3.8, 4) is 11.8 Å². The van der Waals surface area contributed by atoms with Crippen LogP contribution in [-0.4, -0.2) is 76.8 Å². The Morgan fingerprint density at radius 1 is 1.02 bits per heavy atom. The first kappa shape index (κ1) is 41.4. The van der Waals surface area contributed by atoms with Crippen LogP contribution in [0.5, 0.6) is 5.75 Å². The number of anilines is 1. The Hall–Kier alpha value is -5.59. The molecule has 1 amide bonds. The first-order chi connectivity index (χ1) is 30.6. The molecule has 3 atom stereocenters. The van der Waals surface area contributed by atoms with Crippen molar-refractivity contribution in [2.45, 2.75) is 108 Å². The second-order valence-corrected chi connectivity index (χ2v) is 19.8. The van der Waals surface area contributed by atoms with E-state index in [0.29, 0.717) is 62.7 Å². The normalized spacial score (nSPS) is 24.2. The molecule has 2 unspecified atom stereocenters. The van der Waals surface area contributed by atoms with E-state index >= 15 is 0 Å². The van der Waals surface area contributed by atoms with Gasteiger partial charge in [0.1, 0.15) is 29.9 Å². The van der Waals surface area contributed by atoms with Crippen LogP contribution < -0.4 is 15.0 Å². The van der Waals surface area contributed by atoms with Gasteiger partial charge >= 0.3 is 0 Å². The minimum Gasteiger partial charge on any atom is -0.490 e. The summed E-state index contributed by atoms with van der Waals surface area (Å²) in [5.74, 6) is 4.39. The molecule has 3 fully saturated rings. The number of nitrogens with zero attached hydrogens (tertiary/aromatic N) is 10. The van der Waals surface area contributed by atoms with Crippen molar-refractivity contribution in [2.24, 2.45) is 22.2 Å². The molecule has 0 bridgehead atoms. The molecule has 1 spiro atoms. The van der Waals surface area contributed by atoms with E-state index in [1.54, 1.807) is 43.1 Å². The van der Waals surface area contributed by atoms with Gasteiger partial charge in [0.25, 0.3) is 5.91 Å². The number of benzene rings is 1. The van der Waals surface area contributed by atoms with E-state index in [0.717, 1.165) is 91.7 Å². The van der Waals surface area contributed by atoms with Crippen LogP contribution in [0.15, 0.2) is 76.4 Å². The van der Waals surface area contributed by atoms with E-state index in [4.69, 9.17) is 36.0 Å². The highest BCUT2D eigenvalue weighted by Crippen LogP contribution is 2.54. The van der Waals surface area contributed by atoms with E-state index < -0.39 is 0 Å². The number of thioether (sulfide) groups is 1. The number of carbonyl (C=O) groups excluding carboxylic acids is 1. The summed E-state index contributed by atoms with van der Waals surface area (Å²) in [5.41, 5.74) is 5.60. The van der Waals surface area contributed by atoms with Crippen LogP contribution in [0.2, 0.25) is 5.02 Å². The lowest BCUT2D eigenvalue weighted by atomic mass is 9.56. The molecule has 4 aromatic heterocycles. The monoisotopic (exact) mass is 883 g/mol. The van der Waals surface area contributed by atoms with Gasteiger partial charge in [0.15, 0.2) is 11.7 Å². The van der Waals surface area contributed by atoms with E-state index in [1.807, 2.05) is 24.9 Å². The van der Waals surface area contributed by atoms with Gasteiger partial charge in [0.05, 0.1) is 45.6 Å². The molecule has 5 aromatic rings. The lowest BCUT2D eigenvalue weighted by Crippen LogP contribution is -2.48. The van der Waals surface area contributed by atoms with Crippen LogP contribution in [0.3, 0.4) is 0 Å². The number of pyridine rings is 1. The molecule has 1 N–H and O–H groups in total. The molecule has 0 radical (unpaired) electrons. The minimum atomic E-state index is -0.295. The van der Waals surface area contributed by atoms with Crippen molar-refractivity contribution in [3.05, 3.63) is 112 Å². The summed E-state index contributed by atoms with van der Waals surface area (Å²) in [6, 6.07) is 11.4. The predicted octanol–water partition coefficient (Wildman–Crippen LogP) is 8.37. The number of carbonyl (C=O) groups is 1. The zero-order chi connectivity index (χ0) is 43.2. The molecular weight excluding hydrogens is 834 g/mol. The number of ether oxygens (including phenoxy) is 1. The average molecular weight is 885 g/mol. The Morgan fingerprint density at radius 3 is 2.51 bits per heavy atom. The number of halogens is 1. The van der Waals surface area contributed by atoms with Gasteiger partial charge in [-0.3, -0.25) is 19.3 Å². The summed E-state index contributed by atoms with van der Waals surface area (Å²) < 4.78 is 14.0. The van der Waals surface area contributed by atoms with E-state index in [-0.39, 0.29) is 24.1 Å². The Bertz CT molecular complexity index is 2580. The van der Waals surface area contributed by atoms with Crippen molar-refractivity contribution < 1.29 is 13.9 Å². The molecule has 5 aliphatic rings. The van der Waals surface area contributed by atoms with Gasteiger partial charge in [0, 0.05) is 65.9 Å². The molecule has 2 saturated carbocycles. The van der Waals surface area contributed by atoms with Crippen LogP contribution in [0.1, 0.15) is 116 Å². The lowest BCUT2D eigenvalue weighted by molar-refractivity contribution is 0.0276. The van der Waals surface area contributed by atoms with Gasteiger partial charge in [-0.2, -0.15) is 5.26 Å². The number of aliphatic imine (C=N–C) groups is 1. The number of piperidine rings is 1. The lowest BCUT2D eigenvalue weighted by Gasteiger charge is -2.52. The van der Waals surface area contributed by atoms with Crippen LogP contribution in [0, 0.1) is 35.5 Å². The van der Waals surface area contributed by atoms with Gasteiger partial charge in [-0.25, -0.2) is 15.0 Å². The number of nitriles is 1. The summed E-state index contributed by atoms with van der Waals surface area (Å²) in [4.78, 5) is 39.5. The van der Waals surface area contributed by atoms with Crippen molar-refractivity contribution in [2.75, 3.05) is 18.0 Å². The van der Waals surface area contributed by atoms with Crippen molar-refractivity contribution in [1.82, 2.24) is 40.0 Å². The summed E-state index contributed by atoms with van der Waals surface area (Å²) in [5, 5.41) is 23.3. The Balaban J connectivity index is 0.709. The molecule has 2 aliphatic carbocycles. The number of allylic oxidation sites excluding steroid dienone is 1. The van der Waals surface area contributed by atoms with E-state index in [1.165, 1.54) is 18.4 Å². The number of nitrogens with one attached hydrogen (secondary N) is 1. The summed E-state index contributed by atoms with van der Waals surface area (Å²) in [7, 11) is 0. The highest BCUT2D eigenvalue weighted by molar-refractivity contribution is 8.08. The standard InChI is InChI=1S/C47H50ClN11O3S/c1-27-28(2)63-45-41(27)42(55-39(20-40-50-14-17-61-40)43-57-56-29(3)59(43)45)32-4-6-35(51-24-32)18-30-21-47(22-30)12-15-58(16-13-47)46-52-25-33(26-53-46)44(60)54-34-7-10-36(11-8-34)62-37-9-5-31(23-49)38(48)19-37/h4-6,9,14,17,19,24-28,30,34,36,39H,7-8,10-13,15-16,18,20-22H2,1-3H3,(H,54,60)/t27?,28?,34-,36-,39-/m0/s1. The minimum absolute atomic E-state index is 0.0377. The fourth-order valence-corrected chi connectivity index (χ4v) is 11.8. The predicted molar refractivity (Wildman–Crippen MR) is 241 cm³/mol. The smallest absolute Gasteiger partial charge is 0.254 e. The van der Waals surface area contributed by atoms with Crippen LogP contribution in [-0.2, 0) is 12.8 Å². The number of hydrogen-bond donors (Lipinski definition) is 1. The third-order valence-corrected chi connectivity index (χ3v) is 15.6. The maximum atomic E-state index is 13.1. The van der Waals surface area contributed by atoms with Crippen LogP contribution in [0.4, 0.5) is 5.95 Å². The molecule has 10 rings (SSSR count). The van der Waals surface area contributed by atoms with Gasteiger partial charge in [0.2, 0.25) is 5.95 Å². The number of rotatable bonds is 10. The third-order valence-electron chi connectivity index (χ3n) is 13.8. The Kier molecular flexibility index (Phi) is 11.3. The first-order valence-electron chi connectivity index (χ1n) is 22.1. The maximum Gasteiger partial charge on any atom is 0.254 e. The highest BCUT2D eigenvalue weighted by Gasteiger charge is 2.46. The van der Waals surface area contributed by atoms with Crippen molar-refractivity contribution in [3.63, 3.8) is 0 Å². The zero-order valence-corrected chi connectivity index (χ0v) is 37.3. The van der Waals surface area contributed by atoms with Gasteiger partial charge in [-0.1, -0.05) is 25.4 Å². The number of aryl methyl sites for hydroxylation is 1. The van der Waals surface area contributed by atoms with Gasteiger partial charge in [-0.15, -0.1) is 22.0 Å². The quantitative estimate of drug-likeness (QED) is 0.142.